The number of nitrogens with one attached hydrogen (secondary N) is 1. The first-order valence-electron chi connectivity index (χ1n) is 6.74. The third-order valence-corrected chi connectivity index (χ3v) is 4.50. The van der Waals surface area contributed by atoms with Gasteiger partial charge in [-0.3, -0.25) is 0 Å². The molecule has 0 saturated heterocycles. The summed E-state index contributed by atoms with van der Waals surface area (Å²) in [5.74, 6) is 1.59. The maximum absolute atomic E-state index is 12.4. The molecule has 1 atom stereocenters. The molecule has 0 radical (unpaired) electrons. The van der Waals surface area contributed by atoms with Gasteiger partial charge in [-0.2, -0.15) is 13.2 Å². The highest BCUT2D eigenvalue weighted by Crippen LogP contribution is 2.31. The van der Waals surface area contributed by atoms with E-state index in [1.807, 2.05) is 6.20 Å². The van der Waals surface area contributed by atoms with Crippen LogP contribution in [0.3, 0.4) is 0 Å². The lowest BCUT2D eigenvalue weighted by molar-refractivity contribution is -0.137. The molecule has 0 aliphatic carbocycles. The van der Waals surface area contributed by atoms with E-state index < -0.39 is 11.2 Å². The predicted octanol–water partition coefficient (Wildman–Crippen LogP) is 2.71. The number of aromatic nitrogens is 3. The minimum Gasteiger partial charge on any atom is -0.335 e. The lowest BCUT2D eigenvalue weighted by Crippen LogP contribution is -2.29. The van der Waals surface area contributed by atoms with E-state index >= 15 is 0 Å². The standard InChI is InChI=1S/C13H15F3N4S/c14-13(15,16)12-19-10(8-21-12)6-17-5-9-1-2-11-18-3-4-20(11)7-9/h3-4,8-9,17H,1-2,5-7H2. The van der Waals surface area contributed by atoms with E-state index in [2.05, 4.69) is 19.9 Å². The Hall–Kier alpha value is -1.41. The van der Waals surface area contributed by atoms with Gasteiger partial charge in [0.15, 0.2) is 5.01 Å². The van der Waals surface area contributed by atoms with Gasteiger partial charge in [-0.15, -0.1) is 11.3 Å². The van der Waals surface area contributed by atoms with Crippen molar-refractivity contribution in [3.8, 4) is 0 Å². The summed E-state index contributed by atoms with van der Waals surface area (Å²) in [7, 11) is 0. The van der Waals surface area contributed by atoms with Crippen molar-refractivity contribution in [2.45, 2.75) is 32.1 Å². The highest BCUT2D eigenvalue weighted by Gasteiger charge is 2.34. The average Bonchev–Trinajstić information content (AvgIpc) is 3.05. The lowest BCUT2D eigenvalue weighted by Gasteiger charge is -2.23. The zero-order valence-electron chi connectivity index (χ0n) is 11.2. The van der Waals surface area contributed by atoms with Crippen molar-refractivity contribution in [1.82, 2.24) is 19.9 Å². The molecule has 1 unspecified atom stereocenters. The highest BCUT2D eigenvalue weighted by molar-refractivity contribution is 7.09. The molecule has 0 bridgehead atoms. The first-order valence-corrected chi connectivity index (χ1v) is 7.62. The van der Waals surface area contributed by atoms with Crippen molar-refractivity contribution in [3.05, 3.63) is 34.3 Å². The lowest BCUT2D eigenvalue weighted by atomic mass is 9.99. The number of hydrogen-bond donors (Lipinski definition) is 1. The summed E-state index contributed by atoms with van der Waals surface area (Å²) >= 11 is 0.646. The van der Waals surface area contributed by atoms with Gasteiger partial charge < -0.3 is 9.88 Å². The molecule has 8 heteroatoms. The first kappa shape index (κ1) is 14.5. The summed E-state index contributed by atoms with van der Waals surface area (Å²) in [6.45, 7) is 2.06. The van der Waals surface area contributed by atoms with E-state index in [1.165, 1.54) is 5.38 Å². The summed E-state index contributed by atoms with van der Waals surface area (Å²) in [6, 6.07) is 0. The molecule has 1 aliphatic rings. The largest absolute Gasteiger partial charge is 0.443 e. The third-order valence-electron chi connectivity index (χ3n) is 3.57. The van der Waals surface area contributed by atoms with Crippen LogP contribution in [0.4, 0.5) is 13.2 Å². The molecule has 0 saturated carbocycles. The number of rotatable bonds is 4. The summed E-state index contributed by atoms with van der Waals surface area (Å²) in [5, 5.41) is 3.89. The Morgan fingerprint density at radius 1 is 1.43 bits per heavy atom. The highest BCUT2D eigenvalue weighted by atomic mass is 32.1. The number of aryl methyl sites for hydroxylation is 1. The molecule has 114 valence electrons. The topological polar surface area (TPSA) is 42.7 Å². The Bertz CT molecular complexity index is 605. The second-order valence-electron chi connectivity index (χ2n) is 5.17. The SMILES string of the molecule is FC(F)(F)c1nc(CNCC2CCc3nccn3C2)cs1. The van der Waals surface area contributed by atoms with Crippen LogP contribution in [-0.2, 0) is 25.7 Å². The fourth-order valence-corrected chi connectivity index (χ4v) is 3.21. The van der Waals surface area contributed by atoms with Crippen molar-refractivity contribution in [3.63, 3.8) is 0 Å². The molecule has 3 heterocycles. The van der Waals surface area contributed by atoms with Crippen LogP contribution in [0.2, 0.25) is 0 Å². The molecule has 0 amide bonds. The Kier molecular flexibility index (Phi) is 3.99. The number of alkyl halides is 3. The summed E-state index contributed by atoms with van der Waals surface area (Å²) in [5.41, 5.74) is 0.450. The van der Waals surface area contributed by atoms with Crippen LogP contribution in [0.5, 0.6) is 0 Å². The molecule has 0 spiro atoms. The number of hydrogen-bond acceptors (Lipinski definition) is 4. The average molecular weight is 316 g/mol. The third kappa shape index (κ3) is 3.44. The van der Waals surface area contributed by atoms with Gasteiger partial charge in [-0.1, -0.05) is 0 Å². The van der Waals surface area contributed by atoms with E-state index in [9.17, 15) is 13.2 Å². The number of fused-ring (bicyclic) bond motifs is 1. The quantitative estimate of drug-likeness (QED) is 0.943. The van der Waals surface area contributed by atoms with Gasteiger partial charge in [0.1, 0.15) is 5.82 Å². The van der Waals surface area contributed by atoms with Crippen molar-refractivity contribution >= 4 is 11.3 Å². The van der Waals surface area contributed by atoms with Gasteiger partial charge in [0, 0.05) is 43.8 Å². The van der Waals surface area contributed by atoms with Gasteiger partial charge in [0.05, 0.1) is 5.69 Å². The molecule has 2 aromatic rings. The van der Waals surface area contributed by atoms with Crippen LogP contribution in [0.15, 0.2) is 17.8 Å². The van der Waals surface area contributed by atoms with Gasteiger partial charge in [0.2, 0.25) is 0 Å². The van der Waals surface area contributed by atoms with Crippen LogP contribution in [0.25, 0.3) is 0 Å². The molecule has 0 aromatic carbocycles. The normalized spacial score (nSPS) is 18.7. The van der Waals surface area contributed by atoms with Gasteiger partial charge in [-0.25, -0.2) is 9.97 Å². The summed E-state index contributed by atoms with van der Waals surface area (Å²) in [4.78, 5) is 7.88. The maximum atomic E-state index is 12.4. The van der Waals surface area contributed by atoms with E-state index in [0.717, 1.165) is 31.8 Å². The molecule has 1 aliphatic heterocycles. The monoisotopic (exact) mass is 316 g/mol. The fraction of sp³-hybridized carbons (Fsp3) is 0.538. The summed E-state index contributed by atoms with van der Waals surface area (Å²) < 4.78 is 39.5. The minimum atomic E-state index is -4.34. The fourth-order valence-electron chi connectivity index (χ4n) is 2.53. The van der Waals surface area contributed by atoms with Crippen LogP contribution < -0.4 is 5.32 Å². The molecule has 21 heavy (non-hydrogen) atoms. The van der Waals surface area contributed by atoms with Crippen LogP contribution >= 0.6 is 11.3 Å². The Morgan fingerprint density at radius 2 is 2.29 bits per heavy atom. The van der Waals surface area contributed by atoms with Crippen LogP contribution in [0.1, 0.15) is 22.9 Å². The molecular formula is C13H15F3N4S. The maximum Gasteiger partial charge on any atom is 0.443 e. The van der Waals surface area contributed by atoms with Gasteiger partial charge in [0.25, 0.3) is 0 Å². The minimum absolute atomic E-state index is 0.375. The zero-order chi connectivity index (χ0) is 14.9. The van der Waals surface area contributed by atoms with Crippen LogP contribution in [0, 0.1) is 5.92 Å². The van der Waals surface area contributed by atoms with E-state index in [-0.39, 0.29) is 0 Å². The van der Waals surface area contributed by atoms with Crippen molar-refractivity contribution in [2.75, 3.05) is 6.54 Å². The molecule has 2 aromatic heterocycles. The molecule has 1 N–H and O–H groups in total. The smallest absolute Gasteiger partial charge is 0.335 e. The summed E-state index contributed by atoms with van der Waals surface area (Å²) in [6.07, 6.45) is 1.43. The second kappa shape index (κ2) is 5.76. The molecule has 4 nitrogen and oxygen atoms in total. The Balaban J connectivity index is 1.48. The second-order valence-corrected chi connectivity index (χ2v) is 6.03. The van der Waals surface area contributed by atoms with E-state index in [1.54, 1.807) is 6.20 Å². The number of thiazole rings is 1. The molecular weight excluding hydrogens is 301 g/mol. The number of halogens is 3. The van der Waals surface area contributed by atoms with Crippen molar-refractivity contribution < 1.29 is 13.2 Å². The predicted molar refractivity (Wildman–Crippen MR) is 72.9 cm³/mol. The number of imidazole rings is 1. The number of nitrogens with zero attached hydrogens (tertiary/aromatic N) is 3. The molecule has 0 fully saturated rings. The van der Waals surface area contributed by atoms with Crippen molar-refractivity contribution in [1.29, 1.82) is 0 Å². The Morgan fingerprint density at radius 3 is 3.05 bits per heavy atom. The van der Waals surface area contributed by atoms with Gasteiger partial charge in [-0.05, 0) is 12.3 Å². The van der Waals surface area contributed by atoms with Crippen LogP contribution in [-0.4, -0.2) is 21.1 Å². The first-order chi connectivity index (χ1) is 10.0. The molecule has 3 rings (SSSR count). The van der Waals surface area contributed by atoms with Crippen molar-refractivity contribution in [2.24, 2.45) is 5.92 Å². The van der Waals surface area contributed by atoms with E-state index in [4.69, 9.17) is 0 Å². The van der Waals surface area contributed by atoms with E-state index in [0.29, 0.717) is 29.5 Å². The Labute approximate surface area is 124 Å². The van der Waals surface area contributed by atoms with Gasteiger partial charge >= 0.3 is 6.18 Å². The zero-order valence-corrected chi connectivity index (χ0v) is 12.0.